The van der Waals surface area contributed by atoms with Gasteiger partial charge in [-0.05, 0) is 38.9 Å². The molecule has 2 saturated heterocycles. The van der Waals surface area contributed by atoms with E-state index < -0.39 is 32.1 Å². The lowest BCUT2D eigenvalue weighted by atomic mass is 9.76. The van der Waals surface area contributed by atoms with Crippen LogP contribution in [-0.4, -0.2) is 76.3 Å². The van der Waals surface area contributed by atoms with Crippen LogP contribution < -0.4 is 0 Å². The molecule has 0 spiro atoms. The highest BCUT2D eigenvalue weighted by Crippen LogP contribution is 2.47. The van der Waals surface area contributed by atoms with Crippen molar-refractivity contribution < 1.29 is 33.2 Å². The number of aliphatic hydroxyl groups is 1. The van der Waals surface area contributed by atoms with Crippen LogP contribution in [0.5, 0.6) is 0 Å². The Hall–Kier alpha value is -0.0631. The van der Waals surface area contributed by atoms with Gasteiger partial charge in [0.2, 0.25) is 5.79 Å². The van der Waals surface area contributed by atoms with E-state index in [4.69, 9.17) is 28.1 Å². The fraction of sp³-hybridized carbons (Fsp3) is 1.00. The summed E-state index contributed by atoms with van der Waals surface area (Å²) in [5, 5.41) is 11.3. The van der Waals surface area contributed by atoms with Crippen molar-refractivity contribution in [2.75, 3.05) is 20.8 Å². The lowest BCUT2D eigenvalue weighted by Crippen LogP contribution is -2.65. The minimum Gasteiger partial charge on any atom is -0.411 e. The molecule has 0 amide bonds. The summed E-state index contributed by atoms with van der Waals surface area (Å²) in [5.41, 5.74) is 0. The Kier molecular flexibility index (Phi) is 8.71. The zero-order chi connectivity index (χ0) is 24.7. The molecule has 2 aliphatic heterocycles. The summed E-state index contributed by atoms with van der Waals surface area (Å²) in [7, 11) is 1.30. The van der Waals surface area contributed by atoms with Crippen LogP contribution in [0.4, 0.5) is 0 Å². The van der Waals surface area contributed by atoms with Crippen molar-refractivity contribution in [3.63, 3.8) is 0 Å². The van der Waals surface area contributed by atoms with Gasteiger partial charge < -0.3 is 33.2 Å². The molecule has 190 valence electrons. The van der Waals surface area contributed by atoms with Gasteiger partial charge in [0.1, 0.15) is 6.10 Å². The third-order valence-corrected chi connectivity index (χ3v) is 12.3. The molecule has 0 radical (unpaired) electrons. The van der Waals surface area contributed by atoms with Crippen LogP contribution in [0, 0.1) is 11.8 Å². The molecule has 8 atom stereocenters. The third kappa shape index (κ3) is 5.59. The largest absolute Gasteiger partial charge is 0.411 e. The van der Waals surface area contributed by atoms with Crippen LogP contribution in [0.2, 0.25) is 18.1 Å². The van der Waals surface area contributed by atoms with Crippen LogP contribution in [0.1, 0.15) is 61.8 Å². The Morgan fingerprint density at radius 3 is 2.06 bits per heavy atom. The van der Waals surface area contributed by atoms with E-state index in [2.05, 4.69) is 33.9 Å². The molecule has 7 nitrogen and oxygen atoms in total. The maximum atomic E-state index is 11.2. The molecule has 0 saturated carbocycles. The van der Waals surface area contributed by atoms with E-state index in [1.54, 1.807) is 14.2 Å². The van der Waals surface area contributed by atoms with Gasteiger partial charge in [0.25, 0.3) is 0 Å². The molecule has 0 aromatic carbocycles. The Bertz CT molecular complexity index is 620. The van der Waals surface area contributed by atoms with Crippen molar-refractivity contribution in [3.8, 4) is 0 Å². The van der Waals surface area contributed by atoms with E-state index in [9.17, 15) is 5.11 Å². The number of hydrogen-bond acceptors (Lipinski definition) is 7. The highest BCUT2D eigenvalue weighted by Gasteiger charge is 2.61. The topological polar surface area (TPSA) is 75.6 Å². The van der Waals surface area contributed by atoms with Gasteiger partial charge >= 0.3 is 0 Å². The Morgan fingerprint density at radius 2 is 1.62 bits per heavy atom. The quantitative estimate of drug-likeness (QED) is 0.523. The SMILES string of the molecule is COC[C@@H](C[C@H]1O[C@@](OC)([C@@H]2OC(C)(C)O[C@H]2C)[C@H](C)[C@@H](O)[C@H]1C)O[Si](C)(C)C(C)(C)C. The summed E-state index contributed by atoms with van der Waals surface area (Å²) in [5.74, 6) is -2.27. The van der Waals surface area contributed by atoms with Crippen LogP contribution in [-0.2, 0) is 28.1 Å². The molecular formula is C24H48O7Si. The molecule has 1 N–H and O–H groups in total. The number of ether oxygens (including phenoxy) is 5. The summed E-state index contributed by atoms with van der Waals surface area (Å²) < 4.78 is 37.2. The van der Waals surface area contributed by atoms with Crippen molar-refractivity contribution >= 4 is 8.32 Å². The molecule has 2 heterocycles. The summed E-state index contributed by atoms with van der Waals surface area (Å²) in [4.78, 5) is 0. The standard InChI is InChI=1S/C24H48O7Si/c1-15-19(13-18(14-26-9)31-32(11,12)22(4,5)6)29-24(27-10,16(2)20(15)25)21-17(3)28-23(7,8)30-21/h15-21,25H,13-14H2,1-12H3/t15-,16+,17-,18+,19+,20-,21+,24+/m0/s1. The maximum absolute atomic E-state index is 11.2. The second kappa shape index (κ2) is 9.89. The summed E-state index contributed by atoms with van der Waals surface area (Å²) in [6.45, 7) is 21.4. The van der Waals surface area contributed by atoms with E-state index in [0.29, 0.717) is 13.0 Å². The van der Waals surface area contributed by atoms with Gasteiger partial charge in [-0.2, -0.15) is 0 Å². The van der Waals surface area contributed by atoms with E-state index in [1.807, 2.05) is 34.6 Å². The molecule has 32 heavy (non-hydrogen) atoms. The second-order valence-electron chi connectivity index (χ2n) is 11.7. The number of hydrogen-bond donors (Lipinski definition) is 1. The number of methoxy groups -OCH3 is 2. The molecule has 0 aromatic rings. The first kappa shape index (κ1) is 28.2. The normalized spacial score (nSPS) is 39.3. The molecule has 2 fully saturated rings. The van der Waals surface area contributed by atoms with Crippen LogP contribution >= 0.6 is 0 Å². The van der Waals surface area contributed by atoms with Gasteiger partial charge in [0, 0.05) is 32.5 Å². The lowest BCUT2D eigenvalue weighted by molar-refractivity contribution is -0.367. The third-order valence-electron chi connectivity index (χ3n) is 7.75. The van der Waals surface area contributed by atoms with Gasteiger partial charge in [-0.1, -0.05) is 34.6 Å². The van der Waals surface area contributed by atoms with Crippen LogP contribution in [0.25, 0.3) is 0 Å². The first-order chi connectivity index (χ1) is 14.5. The van der Waals surface area contributed by atoms with Crippen molar-refractivity contribution in [1.82, 2.24) is 0 Å². The Balaban J connectivity index is 2.32. The molecule has 0 aliphatic carbocycles. The molecule has 8 heteroatoms. The Labute approximate surface area is 196 Å². The van der Waals surface area contributed by atoms with Gasteiger partial charge in [-0.25, -0.2) is 0 Å². The van der Waals surface area contributed by atoms with Crippen molar-refractivity contribution in [2.24, 2.45) is 11.8 Å². The lowest BCUT2D eigenvalue weighted by Gasteiger charge is -2.53. The summed E-state index contributed by atoms with van der Waals surface area (Å²) in [6.07, 6.45) is -1.16. The molecule has 0 aromatic heterocycles. The van der Waals surface area contributed by atoms with Crippen molar-refractivity contribution in [3.05, 3.63) is 0 Å². The predicted octanol–water partition coefficient (Wildman–Crippen LogP) is 4.33. The minimum absolute atomic E-state index is 0.0817. The van der Waals surface area contributed by atoms with E-state index in [1.165, 1.54) is 0 Å². The van der Waals surface area contributed by atoms with Gasteiger partial charge in [0.05, 0.1) is 31.0 Å². The average molecular weight is 477 g/mol. The fourth-order valence-corrected chi connectivity index (χ4v) is 6.19. The molecule has 2 rings (SSSR count). The summed E-state index contributed by atoms with van der Waals surface area (Å²) in [6, 6.07) is 0. The first-order valence-electron chi connectivity index (χ1n) is 11.9. The average Bonchev–Trinajstić information content (AvgIpc) is 2.94. The highest BCUT2D eigenvalue weighted by atomic mass is 28.4. The molecule has 2 aliphatic rings. The molecule has 0 unspecified atom stereocenters. The van der Waals surface area contributed by atoms with Crippen molar-refractivity contribution in [2.45, 2.75) is 122 Å². The summed E-state index contributed by atoms with van der Waals surface area (Å²) >= 11 is 0. The first-order valence-corrected chi connectivity index (χ1v) is 14.9. The molecule has 0 bridgehead atoms. The van der Waals surface area contributed by atoms with Gasteiger partial charge in [-0.3, -0.25) is 0 Å². The van der Waals surface area contributed by atoms with Gasteiger partial charge in [0.15, 0.2) is 14.1 Å². The van der Waals surface area contributed by atoms with Gasteiger partial charge in [-0.15, -0.1) is 0 Å². The fourth-order valence-electron chi connectivity index (χ4n) is 4.84. The maximum Gasteiger partial charge on any atom is 0.202 e. The monoisotopic (exact) mass is 476 g/mol. The smallest absolute Gasteiger partial charge is 0.202 e. The second-order valence-corrected chi connectivity index (χ2v) is 16.4. The van der Waals surface area contributed by atoms with E-state index >= 15 is 0 Å². The zero-order valence-electron chi connectivity index (χ0n) is 22.4. The van der Waals surface area contributed by atoms with Crippen molar-refractivity contribution in [1.29, 1.82) is 0 Å². The highest BCUT2D eigenvalue weighted by molar-refractivity contribution is 6.74. The number of rotatable bonds is 8. The van der Waals surface area contributed by atoms with Crippen LogP contribution in [0.15, 0.2) is 0 Å². The zero-order valence-corrected chi connectivity index (χ0v) is 23.4. The minimum atomic E-state index is -2.02. The van der Waals surface area contributed by atoms with E-state index in [-0.39, 0.29) is 35.2 Å². The Morgan fingerprint density at radius 1 is 1.03 bits per heavy atom. The molecular weight excluding hydrogens is 428 g/mol. The number of aliphatic hydroxyl groups excluding tert-OH is 1. The van der Waals surface area contributed by atoms with E-state index in [0.717, 1.165) is 0 Å². The van der Waals surface area contributed by atoms with Crippen LogP contribution in [0.3, 0.4) is 0 Å². The predicted molar refractivity (Wildman–Crippen MR) is 127 cm³/mol.